The fourth-order valence-corrected chi connectivity index (χ4v) is 3.06. The van der Waals surface area contributed by atoms with Gasteiger partial charge in [-0.05, 0) is 18.2 Å². The molecule has 2 aromatic carbocycles. The van der Waals surface area contributed by atoms with Gasteiger partial charge in [0, 0.05) is 29.4 Å². The topological polar surface area (TPSA) is 47.2 Å². The van der Waals surface area contributed by atoms with E-state index in [0.29, 0.717) is 11.2 Å². The van der Waals surface area contributed by atoms with Crippen LogP contribution in [-0.2, 0) is 7.05 Å². The molecule has 0 amide bonds. The van der Waals surface area contributed by atoms with Crippen LogP contribution < -0.4 is 5.56 Å². The molecule has 1 N–H and O–H groups in total. The molecule has 4 rings (SSSR count). The van der Waals surface area contributed by atoms with Gasteiger partial charge in [-0.25, -0.2) is 4.57 Å². The highest BCUT2D eigenvalue weighted by molar-refractivity contribution is 6.09. The molecule has 0 atom stereocenters. The zero-order valence-electron chi connectivity index (χ0n) is 12.0. The second-order valence-electron chi connectivity index (χ2n) is 5.32. The molecular weight excluding hydrogens is 276 g/mol. The van der Waals surface area contributed by atoms with Crippen LogP contribution in [0.25, 0.3) is 27.5 Å². The van der Waals surface area contributed by atoms with E-state index >= 15 is 0 Å². The predicted molar refractivity (Wildman–Crippen MR) is 87.7 cm³/mol. The van der Waals surface area contributed by atoms with E-state index in [2.05, 4.69) is 0 Å². The van der Waals surface area contributed by atoms with Crippen molar-refractivity contribution in [2.45, 2.75) is 0 Å². The number of pyridine rings is 1. The maximum absolute atomic E-state index is 12.5. The normalized spacial score (nSPS) is 11.3. The lowest BCUT2D eigenvalue weighted by atomic mass is 10.2. The lowest BCUT2D eigenvalue weighted by molar-refractivity contribution is 0.440. The molecule has 0 spiro atoms. The highest BCUT2D eigenvalue weighted by Crippen LogP contribution is 2.33. The molecule has 22 heavy (non-hydrogen) atoms. The van der Waals surface area contributed by atoms with Crippen LogP contribution in [0.15, 0.2) is 65.5 Å². The van der Waals surface area contributed by atoms with Crippen molar-refractivity contribution >= 4 is 21.8 Å². The molecule has 4 aromatic rings. The number of aromatic hydroxyl groups is 1. The van der Waals surface area contributed by atoms with Crippen LogP contribution in [0.3, 0.4) is 0 Å². The smallest absolute Gasteiger partial charge is 0.258 e. The largest absolute Gasteiger partial charge is 0.493 e. The van der Waals surface area contributed by atoms with Crippen LogP contribution in [0, 0.1) is 0 Å². The number of fused-ring (bicyclic) bond motifs is 3. The zero-order chi connectivity index (χ0) is 15.3. The third-order valence-electron chi connectivity index (χ3n) is 4.07. The van der Waals surface area contributed by atoms with Gasteiger partial charge in [0.2, 0.25) is 5.88 Å². The summed E-state index contributed by atoms with van der Waals surface area (Å²) in [5.74, 6) is -0.0348. The first kappa shape index (κ1) is 12.7. The Balaban J connectivity index is 2.21. The molecule has 0 aliphatic rings. The lowest BCUT2D eigenvalue weighted by Gasteiger charge is -2.10. The summed E-state index contributed by atoms with van der Waals surface area (Å²) in [6.45, 7) is 0. The molecule has 4 nitrogen and oxygen atoms in total. The third kappa shape index (κ3) is 1.61. The van der Waals surface area contributed by atoms with Crippen LogP contribution in [0.2, 0.25) is 0 Å². The first-order valence-electron chi connectivity index (χ1n) is 7.06. The van der Waals surface area contributed by atoms with Gasteiger partial charge in [-0.15, -0.1) is 0 Å². The average molecular weight is 290 g/mol. The molecule has 0 unspecified atom stereocenters. The van der Waals surface area contributed by atoms with Gasteiger partial charge in [0.15, 0.2) is 0 Å². The van der Waals surface area contributed by atoms with E-state index < -0.39 is 0 Å². The van der Waals surface area contributed by atoms with E-state index in [-0.39, 0.29) is 11.4 Å². The Kier molecular flexibility index (Phi) is 2.60. The van der Waals surface area contributed by atoms with Gasteiger partial charge in [-0.2, -0.15) is 0 Å². The fourth-order valence-electron chi connectivity index (χ4n) is 3.06. The number of nitrogens with zero attached hydrogens (tertiary/aromatic N) is 2. The summed E-state index contributed by atoms with van der Waals surface area (Å²) < 4.78 is 3.25. The number of hydrogen-bond donors (Lipinski definition) is 1. The van der Waals surface area contributed by atoms with Crippen molar-refractivity contribution in [3.8, 4) is 11.6 Å². The quantitative estimate of drug-likeness (QED) is 0.585. The SMILES string of the molecule is Cn1c2ccccc2c2cc(=O)n(-c3ccccc3)c(O)c21. The Morgan fingerprint density at radius 3 is 2.36 bits per heavy atom. The van der Waals surface area contributed by atoms with Gasteiger partial charge >= 0.3 is 0 Å². The molecule has 0 aliphatic carbocycles. The van der Waals surface area contributed by atoms with E-state index in [4.69, 9.17) is 0 Å². The summed E-state index contributed by atoms with van der Waals surface area (Å²) in [5.41, 5.74) is 2.05. The molecule has 0 bridgehead atoms. The minimum absolute atomic E-state index is 0.0348. The van der Waals surface area contributed by atoms with Gasteiger partial charge in [-0.1, -0.05) is 36.4 Å². The van der Waals surface area contributed by atoms with E-state index in [1.54, 1.807) is 18.2 Å². The van der Waals surface area contributed by atoms with Gasteiger partial charge in [0.1, 0.15) is 5.52 Å². The Morgan fingerprint density at radius 1 is 0.909 bits per heavy atom. The zero-order valence-corrected chi connectivity index (χ0v) is 12.0. The first-order chi connectivity index (χ1) is 10.7. The molecule has 0 radical (unpaired) electrons. The van der Waals surface area contributed by atoms with Gasteiger partial charge in [-0.3, -0.25) is 4.79 Å². The van der Waals surface area contributed by atoms with Crippen LogP contribution in [0.5, 0.6) is 5.88 Å². The van der Waals surface area contributed by atoms with Crippen molar-refractivity contribution in [3.63, 3.8) is 0 Å². The Labute approximate surface area is 126 Å². The standard InChI is InChI=1S/C18H14N2O2/c1-19-15-10-6-5-9-13(15)14-11-16(21)20(18(22)17(14)19)12-7-3-2-4-8-12/h2-11,22H,1H3. The minimum atomic E-state index is -0.243. The Hall–Kier alpha value is -3.01. The fraction of sp³-hybridized carbons (Fsp3) is 0.0556. The van der Waals surface area contributed by atoms with E-state index in [1.807, 2.05) is 54.1 Å². The first-order valence-corrected chi connectivity index (χ1v) is 7.06. The number of para-hydroxylation sites is 2. The third-order valence-corrected chi connectivity index (χ3v) is 4.07. The number of aromatic nitrogens is 2. The van der Waals surface area contributed by atoms with Gasteiger partial charge < -0.3 is 9.67 Å². The van der Waals surface area contributed by atoms with Crippen molar-refractivity contribution < 1.29 is 5.11 Å². The van der Waals surface area contributed by atoms with E-state index in [0.717, 1.165) is 16.3 Å². The molecule has 4 heteroatoms. The van der Waals surface area contributed by atoms with Gasteiger partial charge in [0.05, 0.1) is 5.69 Å². The summed E-state index contributed by atoms with van der Waals surface area (Å²) >= 11 is 0. The molecule has 108 valence electrons. The molecule has 2 aromatic heterocycles. The van der Waals surface area contributed by atoms with Crippen LogP contribution >= 0.6 is 0 Å². The van der Waals surface area contributed by atoms with Crippen molar-refractivity contribution in [3.05, 3.63) is 71.0 Å². The summed E-state index contributed by atoms with van der Waals surface area (Å²) in [5, 5.41) is 12.4. The maximum Gasteiger partial charge on any atom is 0.258 e. The molecule has 0 aliphatic heterocycles. The number of benzene rings is 2. The molecule has 2 heterocycles. The second-order valence-corrected chi connectivity index (χ2v) is 5.32. The van der Waals surface area contributed by atoms with Gasteiger partial charge in [0.25, 0.3) is 5.56 Å². The minimum Gasteiger partial charge on any atom is -0.493 e. The number of rotatable bonds is 1. The summed E-state index contributed by atoms with van der Waals surface area (Å²) in [6.07, 6.45) is 0. The van der Waals surface area contributed by atoms with Crippen molar-refractivity contribution in [1.29, 1.82) is 0 Å². The highest BCUT2D eigenvalue weighted by atomic mass is 16.3. The Bertz CT molecular complexity index is 1060. The maximum atomic E-state index is 12.5. The van der Waals surface area contributed by atoms with Crippen LogP contribution in [-0.4, -0.2) is 14.2 Å². The highest BCUT2D eigenvalue weighted by Gasteiger charge is 2.17. The Morgan fingerprint density at radius 2 is 1.59 bits per heavy atom. The summed E-state index contributed by atoms with van der Waals surface area (Å²) in [7, 11) is 1.89. The summed E-state index contributed by atoms with van der Waals surface area (Å²) in [4.78, 5) is 12.5. The monoisotopic (exact) mass is 290 g/mol. The lowest BCUT2D eigenvalue weighted by Crippen LogP contribution is -2.17. The van der Waals surface area contributed by atoms with Crippen LogP contribution in [0.4, 0.5) is 0 Å². The van der Waals surface area contributed by atoms with Crippen molar-refractivity contribution in [1.82, 2.24) is 9.13 Å². The number of hydrogen-bond acceptors (Lipinski definition) is 2. The molecular formula is C18H14N2O2. The molecule has 0 fully saturated rings. The van der Waals surface area contributed by atoms with Crippen LogP contribution in [0.1, 0.15) is 0 Å². The van der Waals surface area contributed by atoms with Crippen molar-refractivity contribution in [2.24, 2.45) is 7.05 Å². The second kappa shape index (κ2) is 4.49. The predicted octanol–water partition coefficient (Wildman–Crippen LogP) is 3.19. The summed E-state index contributed by atoms with van der Waals surface area (Å²) in [6, 6.07) is 18.6. The average Bonchev–Trinajstić information content (AvgIpc) is 2.82. The van der Waals surface area contributed by atoms with E-state index in [9.17, 15) is 9.90 Å². The van der Waals surface area contributed by atoms with E-state index in [1.165, 1.54) is 4.57 Å². The molecule has 0 saturated heterocycles. The van der Waals surface area contributed by atoms with Crippen molar-refractivity contribution in [2.75, 3.05) is 0 Å². The molecule has 0 saturated carbocycles. The number of aryl methyl sites for hydroxylation is 1.